The van der Waals surface area contributed by atoms with Crippen LogP contribution in [0.25, 0.3) is 0 Å². The molecule has 1 aromatic rings. The van der Waals surface area contributed by atoms with Crippen molar-refractivity contribution >= 4 is 11.8 Å². The van der Waals surface area contributed by atoms with Crippen LogP contribution in [0.2, 0.25) is 0 Å². The molecular weight excluding hydrogens is 216 g/mol. The molecule has 2 heterocycles. The summed E-state index contributed by atoms with van der Waals surface area (Å²) < 4.78 is 0. The van der Waals surface area contributed by atoms with Gasteiger partial charge in [-0.3, -0.25) is 0 Å². The smallest absolute Gasteiger partial charge is 0.354 e. The highest BCUT2D eigenvalue weighted by Gasteiger charge is 2.16. The van der Waals surface area contributed by atoms with Gasteiger partial charge in [-0.15, -0.1) is 0 Å². The van der Waals surface area contributed by atoms with Gasteiger partial charge < -0.3 is 10.0 Å². The Morgan fingerprint density at radius 3 is 2.76 bits per heavy atom. The second-order valence-electron chi connectivity index (χ2n) is 4.42. The number of carbonyl (C=O) groups is 1. The lowest BCUT2D eigenvalue weighted by Crippen LogP contribution is -2.31. The van der Waals surface area contributed by atoms with Gasteiger partial charge in [-0.1, -0.05) is 17.2 Å². The van der Waals surface area contributed by atoms with Gasteiger partial charge in [0.2, 0.25) is 0 Å². The predicted octanol–water partition coefficient (Wildman–Crippen LogP) is 2.33. The van der Waals surface area contributed by atoms with E-state index in [0.29, 0.717) is 0 Å². The van der Waals surface area contributed by atoms with Crippen molar-refractivity contribution in [3.05, 3.63) is 35.0 Å². The Morgan fingerprint density at radius 2 is 2.12 bits per heavy atom. The third-order valence-electron chi connectivity index (χ3n) is 3.19. The normalized spacial score (nSPS) is 16.2. The molecule has 0 aliphatic carbocycles. The highest BCUT2D eigenvalue weighted by atomic mass is 16.4. The van der Waals surface area contributed by atoms with E-state index in [1.807, 2.05) is 6.07 Å². The molecule has 1 aliphatic rings. The summed E-state index contributed by atoms with van der Waals surface area (Å²) >= 11 is 0. The van der Waals surface area contributed by atoms with Crippen molar-refractivity contribution in [1.82, 2.24) is 4.98 Å². The molecule has 4 heteroatoms. The average molecular weight is 232 g/mol. The molecule has 0 amide bonds. The van der Waals surface area contributed by atoms with Crippen molar-refractivity contribution in [3.8, 4) is 0 Å². The lowest BCUT2D eigenvalue weighted by Gasteiger charge is -2.29. The predicted molar refractivity (Wildman–Crippen MR) is 66.4 cm³/mol. The maximum absolute atomic E-state index is 10.9. The number of aromatic carboxylic acids is 1. The second kappa shape index (κ2) is 4.57. The summed E-state index contributed by atoms with van der Waals surface area (Å²) in [5.74, 6) is -0.232. The molecule has 1 aliphatic heterocycles. The fourth-order valence-electron chi connectivity index (χ4n) is 1.93. The average Bonchev–Trinajstić information content (AvgIpc) is 2.33. The Hall–Kier alpha value is -1.84. The number of aromatic nitrogens is 1. The fraction of sp³-hybridized carbons (Fsp3) is 0.385. The molecule has 1 aromatic heterocycles. The molecular formula is C13H16N2O2. The first kappa shape index (κ1) is 11.6. The zero-order valence-corrected chi connectivity index (χ0v) is 10.1. The number of anilines is 1. The number of carboxylic acids is 1. The van der Waals surface area contributed by atoms with Crippen molar-refractivity contribution in [2.45, 2.75) is 20.3 Å². The van der Waals surface area contributed by atoms with Gasteiger partial charge in [-0.2, -0.15) is 0 Å². The molecule has 0 saturated carbocycles. The lowest BCUT2D eigenvalue weighted by molar-refractivity contribution is 0.0690. The third kappa shape index (κ3) is 2.46. The Balaban J connectivity index is 2.24. The second-order valence-corrected chi connectivity index (χ2v) is 4.42. The van der Waals surface area contributed by atoms with E-state index in [9.17, 15) is 4.79 Å². The SMILES string of the molecule is CC1=C(C)CN(c2cccc(C(=O)O)n2)CC1. The van der Waals surface area contributed by atoms with E-state index in [-0.39, 0.29) is 5.69 Å². The Morgan fingerprint density at radius 1 is 1.35 bits per heavy atom. The van der Waals surface area contributed by atoms with Gasteiger partial charge in [0.25, 0.3) is 0 Å². The van der Waals surface area contributed by atoms with Crippen LogP contribution in [-0.2, 0) is 0 Å². The van der Waals surface area contributed by atoms with Gasteiger partial charge in [0.15, 0.2) is 5.69 Å². The Kier molecular flexibility index (Phi) is 3.13. The summed E-state index contributed by atoms with van der Waals surface area (Å²) in [7, 11) is 0. The van der Waals surface area contributed by atoms with Crippen LogP contribution in [0.15, 0.2) is 29.3 Å². The monoisotopic (exact) mass is 232 g/mol. The van der Waals surface area contributed by atoms with Gasteiger partial charge >= 0.3 is 5.97 Å². The number of carboxylic acid groups (broad SMARTS) is 1. The van der Waals surface area contributed by atoms with Crippen molar-refractivity contribution < 1.29 is 9.90 Å². The highest BCUT2D eigenvalue weighted by Crippen LogP contribution is 2.21. The Labute approximate surface area is 101 Å². The molecule has 90 valence electrons. The van der Waals surface area contributed by atoms with E-state index in [4.69, 9.17) is 5.11 Å². The van der Waals surface area contributed by atoms with Gasteiger partial charge in [0, 0.05) is 13.1 Å². The molecule has 0 radical (unpaired) electrons. The first-order chi connectivity index (χ1) is 8.08. The van der Waals surface area contributed by atoms with Gasteiger partial charge in [0.1, 0.15) is 5.82 Å². The third-order valence-corrected chi connectivity index (χ3v) is 3.19. The van der Waals surface area contributed by atoms with E-state index in [1.165, 1.54) is 17.2 Å². The minimum Gasteiger partial charge on any atom is -0.477 e. The van der Waals surface area contributed by atoms with Crippen molar-refractivity contribution in [2.75, 3.05) is 18.0 Å². The van der Waals surface area contributed by atoms with Crippen LogP contribution in [0.4, 0.5) is 5.82 Å². The standard InChI is InChI=1S/C13H16N2O2/c1-9-6-7-15(8-10(9)2)12-5-3-4-11(14-12)13(16)17/h3-5H,6-8H2,1-2H3,(H,16,17). The van der Waals surface area contributed by atoms with E-state index in [0.717, 1.165) is 25.3 Å². The topological polar surface area (TPSA) is 53.4 Å². The van der Waals surface area contributed by atoms with Gasteiger partial charge in [-0.25, -0.2) is 9.78 Å². The largest absolute Gasteiger partial charge is 0.477 e. The molecule has 17 heavy (non-hydrogen) atoms. The van der Waals surface area contributed by atoms with Crippen LogP contribution in [0.3, 0.4) is 0 Å². The van der Waals surface area contributed by atoms with Gasteiger partial charge in [0.05, 0.1) is 0 Å². The number of pyridine rings is 1. The van der Waals surface area contributed by atoms with Crippen molar-refractivity contribution in [3.63, 3.8) is 0 Å². The Bertz CT molecular complexity index is 480. The van der Waals surface area contributed by atoms with Crippen LogP contribution in [-0.4, -0.2) is 29.1 Å². The maximum atomic E-state index is 10.9. The summed E-state index contributed by atoms with van der Waals surface area (Å²) in [6.45, 7) is 6.00. The minimum absolute atomic E-state index is 0.103. The van der Waals surface area contributed by atoms with Crippen LogP contribution >= 0.6 is 0 Å². The lowest BCUT2D eigenvalue weighted by atomic mass is 10.0. The molecule has 2 rings (SSSR count). The van der Waals surface area contributed by atoms with Crippen LogP contribution < -0.4 is 4.90 Å². The molecule has 0 bridgehead atoms. The molecule has 0 aromatic carbocycles. The number of rotatable bonds is 2. The first-order valence-corrected chi connectivity index (χ1v) is 5.68. The molecule has 1 N–H and O–H groups in total. The quantitative estimate of drug-likeness (QED) is 0.795. The fourth-order valence-corrected chi connectivity index (χ4v) is 1.93. The van der Waals surface area contributed by atoms with Gasteiger partial charge in [-0.05, 0) is 32.4 Å². The van der Waals surface area contributed by atoms with E-state index < -0.39 is 5.97 Å². The number of hydrogen-bond acceptors (Lipinski definition) is 3. The first-order valence-electron chi connectivity index (χ1n) is 5.68. The zero-order chi connectivity index (χ0) is 12.4. The summed E-state index contributed by atoms with van der Waals surface area (Å²) in [4.78, 5) is 17.1. The number of nitrogens with zero attached hydrogens (tertiary/aromatic N) is 2. The molecule has 0 saturated heterocycles. The summed E-state index contributed by atoms with van der Waals surface area (Å²) in [5, 5.41) is 8.91. The molecule has 0 spiro atoms. The molecule has 4 nitrogen and oxygen atoms in total. The molecule has 0 fully saturated rings. The van der Waals surface area contributed by atoms with Crippen LogP contribution in [0.1, 0.15) is 30.8 Å². The van der Waals surface area contributed by atoms with E-state index >= 15 is 0 Å². The van der Waals surface area contributed by atoms with E-state index in [2.05, 4.69) is 23.7 Å². The zero-order valence-electron chi connectivity index (χ0n) is 10.1. The maximum Gasteiger partial charge on any atom is 0.354 e. The summed E-state index contributed by atoms with van der Waals surface area (Å²) in [6, 6.07) is 5.12. The van der Waals surface area contributed by atoms with Crippen molar-refractivity contribution in [1.29, 1.82) is 0 Å². The number of hydrogen-bond donors (Lipinski definition) is 1. The van der Waals surface area contributed by atoms with Crippen LogP contribution in [0, 0.1) is 0 Å². The summed E-state index contributed by atoms with van der Waals surface area (Å²) in [6.07, 6.45) is 1.02. The molecule has 0 atom stereocenters. The van der Waals surface area contributed by atoms with Crippen molar-refractivity contribution in [2.24, 2.45) is 0 Å². The minimum atomic E-state index is -0.979. The molecule has 0 unspecified atom stereocenters. The van der Waals surface area contributed by atoms with Crippen LogP contribution in [0.5, 0.6) is 0 Å². The van der Waals surface area contributed by atoms with E-state index in [1.54, 1.807) is 6.07 Å². The summed E-state index contributed by atoms with van der Waals surface area (Å²) in [5.41, 5.74) is 2.88. The highest BCUT2D eigenvalue weighted by molar-refractivity contribution is 5.85.